The van der Waals surface area contributed by atoms with Gasteiger partial charge in [-0.15, -0.1) is 11.3 Å². The number of nitriles is 1. The van der Waals surface area contributed by atoms with Gasteiger partial charge in [0.2, 0.25) is 5.91 Å². The summed E-state index contributed by atoms with van der Waals surface area (Å²) in [5.74, 6) is 0.406. The number of fused-ring (bicyclic) bond motifs is 1. The molecule has 1 aromatic heterocycles. The Morgan fingerprint density at radius 3 is 2.92 bits per heavy atom. The number of halogens is 2. The molecule has 1 N–H and O–H groups in total. The van der Waals surface area contributed by atoms with Gasteiger partial charge < -0.3 is 5.32 Å². The SMILES string of the molecule is CCC1CCc2c(sc(NC(=O)C=Cc3ccc(Cl)c(Cl)c3)c2C#N)C1. The molecule has 3 nitrogen and oxygen atoms in total. The largest absolute Gasteiger partial charge is 0.313 e. The summed E-state index contributed by atoms with van der Waals surface area (Å²) in [6.07, 6.45) is 7.29. The van der Waals surface area contributed by atoms with Crippen molar-refractivity contribution in [1.29, 1.82) is 5.26 Å². The quantitative estimate of drug-likeness (QED) is 0.626. The molecular formula is C20H18Cl2N2OS. The van der Waals surface area contributed by atoms with E-state index in [9.17, 15) is 10.1 Å². The van der Waals surface area contributed by atoms with Crippen molar-refractivity contribution in [2.45, 2.75) is 32.6 Å². The second kappa shape index (κ2) is 8.26. The second-order valence-electron chi connectivity index (χ2n) is 6.33. The first-order valence-corrected chi connectivity index (χ1v) is 10.1. The van der Waals surface area contributed by atoms with E-state index in [1.807, 2.05) is 0 Å². The molecule has 1 amide bonds. The van der Waals surface area contributed by atoms with Crippen LogP contribution >= 0.6 is 34.5 Å². The maximum absolute atomic E-state index is 12.3. The number of anilines is 1. The molecule has 0 spiro atoms. The molecule has 1 aromatic carbocycles. The topological polar surface area (TPSA) is 52.9 Å². The van der Waals surface area contributed by atoms with Gasteiger partial charge in [-0.1, -0.05) is 42.6 Å². The lowest BCUT2D eigenvalue weighted by atomic mass is 9.86. The van der Waals surface area contributed by atoms with Crippen molar-refractivity contribution in [2.24, 2.45) is 5.92 Å². The zero-order valence-corrected chi connectivity index (χ0v) is 16.6. The lowest BCUT2D eigenvalue weighted by Crippen LogP contribution is -2.12. The predicted molar refractivity (Wildman–Crippen MR) is 109 cm³/mol. The van der Waals surface area contributed by atoms with E-state index in [4.69, 9.17) is 23.2 Å². The van der Waals surface area contributed by atoms with E-state index >= 15 is 0 Å². The van der Waals surface area contributed by atoms with Gasteiger partial charge in [-0.3, -0.25) is 4.79 Å². The lowest BCUT2D eigenvalue weighted by molar-refractivity contribution is -0.111. The number of hydrogen-bond donors (Lipinski definition) is 1. The van der Waals surface area contributed by atoms with Gasteiger partial charge in [-0.25, -0.2) is 0 Å². The fraction of sp³-hybridized carbons (Fsp3) is 0.300. The lowest BCUT2D eigenvalue weighted by Gasteiger charge is -2.20. The summed E-state index contributed by atoms with van der Waals surface area (Å²) < 4.78 is 0. The summed E-state index contributed by atoms with van der Waals surface area (Å²) in [6.45, 7) is 2.20. The van der Waals surface area contributed by atoms with Crippen molar-refractivity contribution >= 4 is 51.5 Å². The Morgan fingerprint density at radius 1 is 1.42 bits per heavy atom. The van der Waals surface area contributed by atoms with Gasteiger partial charge in [-0.2, -0.15) is 5.26 Å². The molecule has 6 heteroatoms. The zero-order valence-electron chi connectivity index (χ0n) is 14.3. The molecule has 0 bridgehead atoms. The molecule has 0 radical (unpaired) electrons. The average molecular weight is 405 g/mol. The summed E-state index contributed by atoms with van der Waals surface area (Å²) in [7, 11) is 0. The van der Waals surface area contributed by atoms with Gasteiger partial charge in [-0.05, 0) is 54.5 Å². The number of benzene rings is 1. The molecule has 1 atom stereocenters. The molecule has 0 saturated carbocycles. The van der Waals surface area contributed by atoms with Gasteiger partial charge in [0, 0.05) is 11.0 Å². The van der Waals surface area contributed by atoms with Crippen LogP contribution in [0.4, 0.5) is 5.00 Å². The van der Waals surface area contributed by atoms with Crippen LogP contribution in [0.25, 0.3) is 6.08 Å². The molecule has 1 heterocycles. The van der Waals surface area contributed by atoms with Gasteiger partial charge in [0.05, 0.1) is 15.6 Å². The minimum Gasteiger partial charge on any atom is -0.313 e. The van der Waals surface area contributed by atoms with E-state index in [-0.39, 0.29) is 5.91 Å². The first-order valence-electron chi connectivity index (χ1n) is 8.50. The number of nitrogens with one attached hydrogen (secondary N) is 1. The van der Waals surface area contributed by atoms with Crippen molar-refractivity contribution < 1.29 is 4.79 Å². The van der Waals surface area contributed by atoms with E-state index in [0.29, 0.717) is 26.5 Å². The molecular weight excluding hydrogens is 387 g/mol. The molecule has 3 rings (SSSR count). The fourth-order valence-electron chi connectivity index (χ4n) is 3.15. The van der Waals surface area contributed by atoms with Crippen molar-refractivity contribution in [3.8, 4) is 6.07 Å². The standard InChI is InChI=1S/C20H18Cl2N2OS/c1-2-12-3-6-14-15(11-23)20(26-18(14)10-12)24-19(25)8-5-13-4-7-16(21)17(22)9-13/h4-5,7-9,12H,2-3,6,10H2,1H3,(H,24,25). The molecule has 0 saturated heterocycles. The summed E-state index contributed by atoms with van der Waals surface area (Å²) in [5.41, 5.74) is 2.52. The van der Waals surface area contributed by atoms with Gasteiger partial charge in [0.15, 0.2) is 0 Å². The third kappa shape index (κ3) is 4.12. The van der Waals surface area contributed by atoms with Crippen LogP contribution in [0.1, 0.15) is 41.3 Å². The highest BCUT2D eigenvalue weighted by atomic mass is 35.5. The van der Waals surface area contributed by atoms with Gasteiger partial charge in [0.1, 0.15) is 11.1 Å². The number of carbonyl (C=O) groups is 1. The number of hydrogen-bond acceptors (Lipinski definition) is 3. The monoisotopic (exact) mass is 404 g/mol. The summed E-state index contributed by atoms with van der Waals surface area (Å²) >= 11 is 13.4. The van der Waals surface area contributed by atoms with Crippen molar-refractivity contribution in [2.75, 3.05) is 5.32 Å². The first kappa shape index (κ1) is 19.0. The second-order valence-corrected chi connectivity index (χ2v) is 8.25. The van der Waals surface area contributed by atoms with Crippen LogP contribution in [0.5, 0.6) is 0 Å². The number of thiophene rings is 1. The molecule has 26 heavy (non-hydrogen) atoms. The number of carbonyl (C=O) groups excluding carboxylic acids is 1. The van der Waals surface area contributed by atoms with Crippen molar-refractivity contribution in [3.63, 3.8) is 0 Å². The first-order chi connectivity index (χ1) is 12.5. The van der Waals surface area contributed by atoms with Crippen LogP contribution in [0.3, 0.4) is 0 Å². The number of nitrogens with zero attached hydrogens (tertiary/aromatic N) is 1. The van der Waals surface area contributed by atoms with Crippen molar-refractivity contribution in [1.82, 2.24) is 0 Å². The highest BCUT2D eigenvalue weighted by Crippen LogP contribution is 2.40. The van der Waals surface area contributed by atoms with Crippen LogP contribution < -0.4 is 5.32 Å². The average Bonchev–Trinajstić information content (AvgIpc) is 2.98. The Hall–Kier alpha value is -1.80. The molecule has 1 unspecified atom stereocenters. The maximum Gasteiger partial charge on any atom is 0.249 e. The summed E-state index contributed by atoms with van der Waals surface area (Å²) in [6, 6.07) is 7.44. The molecule has 0 aliphatic heterocycles. The Kier molecular flexibility index (Phi) is 6.03. The van der Waals surface area contributed by atoms with E-state index in [2.05, 4.69) is 18.3 Å². The van der Waals surface area contributed by atoms with E-state index in [1.54, 1.807) is 24.3 Å². The van der Waals surface area contributed by atoms with Gasteiger partial charge >= 0.3 is 0 Å². The third-order valence-electron chi connectivity index (χ3n) is 4.66. The van der Waals surface area contributed by atoms with E-state index in [0.717, 1.165) is 36.8 Å². The summed E-state index contributed by atoms with van der Waals surface area (Å²) in [4.78, 5) is 13.5. The Morgan fingerprint density at radius 2 is 2.23 bits per heavy atom. The maximum atomic E-state index is 12.3. The Bertz CT molecular complexity index is 911. The molecule has 2 aromatic rings. The van der Waals surface area contributed by atoms with Crippen LogP contribution in [0.15, 0.2) is 24.3 Å². The highest BCUT2D eigenvalue weighted by Gasteiger charge is 2.25. The predicted octanol–water partition coefficient (Wildman–Crippen LogP) is 6.09. The normalized spacial score (nSPS) is 16.3. The highest BCUT2D eigenvalue weighted by molar-refractivity contribution is 7.16. The van der Waals surface area contributed by atoms with E-state index in [1.165, 1.54) is 22.3 Å². The number of rotatable bonds is 4. The van der Waals surface area contributed by atoms with Crippen LogP contribution in [-0.2, 0) is 17.6 Å². The third-order valence-corrected chi connectivity index (χ3v) is 6.57. The summed E-state index contributed by atoms with van der Waals surface area (Å²) in [5, 5.41) is 13.9. The Balaban J connectivity index is 1.75. The molecule has 1 aliphatic rings. The molecule has 134 valence electrons. The number of amides is 1. The zero-order chi connectivity index (χ0) is 18.7. The van der Waals surface area contributed by atoms with E-state index < -0.39 is 0 Å². The van der Waals surface area contributed by atoms with Crippen LogP contribution in [0, 0.1) is 17.2 Å². The fourth-order valence-corrected chi connectivity index (χ4v) is 4.77. The van der Waals surface area contributed by atoms with Crippen molar-refractivity contribution in [3.05, 3.63) is 55.9 Å². The Labute approximate surface area is 167 Å². The smallest absolute Gasteiger partial charge is 0.249 e. The molecule has 0 fully saturated rings. The minimum absolute atomic E-state index is 0.266. The van der Waals surface area contributed by atoms with Crippen LogP contribution in [-0.4, -0.2) is 5.91 Å². The molecule has 1 aliphatic carbocycles. The van der Waals surface area contributed by atoms with Gasteiger partial charge in [0.25, 0.3) is 0 Å². The van der Waals surface area contributed by atoms with Crippen LogP contribution in [0.2, 0.25) is 10.0 Å². The minimum atomic E-state index is -0.266.